The van der Waals surface area contributed by atoms with Gasteiger partial charge in [0.15, 0.2) is 6.10 Å². The average molecular weight is 1020 g/mol. The largest absolute Gasteiger partial charge is 0.462 e. The molecule has 74 heavy (non-hydrogen) atoms. The molecule has 0 aliphatic heterocycles. The third-order valence-electron chi connectivity index (χ3n) is 12.1. The smallest absolute Gasteiger partial charge is 0.306 e. The maximum atomic E-state index is 12.8. The predicted molar refractivity (Wildman–Crippen MR) is 320 cm³/mol. The van der Waals surface area contributed by atoms with E-state index >= 15 is 0 Å². The Kier molecular flexibility index (Phi) is 57.0. The molecule has 0 heterocycles. The second kappa shape index (κ2) is 60.8. The zero-order chi connectivity index (χ0) is 53.6. The molecule has 0 aromatic carbocycles. The predicted octanol–water partition coefficient (Wildman–Crippen LogP) is 20.4. The first-order chi connectivity index (χ1) is 36.5. The molecule has 0 saturated heterocycles. The van der Waals surface area contributed by atoms with E-state index in [0.717, 1.165) is 141 Å². The Hall–Kier alpha value is -4.71. The number of carbonyl (C=O) groups excluding carboxylic acids is 3. The summed E-state index contributed by atoms with van der Waals surface area (Å²) < 4.78 is 16.8. The van der Waals surface area contributed by atoms with Gasteiger partial charge in [-0.2, -0.15) is 0 Å². The third-order valence-corrected chi connectivity index (χ3v) is 12.1. The maximum absolute atomic E-state index is 12.8. The highest BCUT2D eigenvalue weighted by atomic mass is 16.6. The first-order valence-electron chi connectivity index (χ1n) is 29.8. The number of rotatable bonds is 52. The maximum Gasteiger partial charge on any atom is 0.306 e. The summed E-state index contributed by atoms with van der Waals surface area (Å²) in [6, 6.07) is 0. The van der Waals surface area contributed by atoms with Gasteiger partial charge in [0.2, 0.25) is 0 Å². The van der Waals surface area contributed by atoms with Crippen molar-refractivity contribution in [1.29, 1.82) is 0 Å². The lowest BCUT2D eigenvalue weighted by Gasteiger charge is -2.18. The van der Waals surface area contributed by atoms with E-state index in [2.05, 4.69) is 167 Å². The number of ether oxygens (including phenoxy) is 3. The minimum Gasteiger partial charge on any atom is -0.462 e. The standard InChI is InChI=1S/C68H108O6/c1-4-7-10-13-16-19-22-25-27-28-29-30-31-32-33-34-35-36-37-38-39-40-42-43-46-49-52-55-58-61-67(70)73-64-65(63-72-66(69)60-57-54-51-48-45-24-21-18-15-12-9-6-3)74-68(71)62-59-56-53-50-47-44-41-26-23-20-17-14-11-8-5-2/h7-8,10-11,16-17,19-20,25-27,29-30,32-33,35-36,38-39,41-43,47,50,65H,4-6,9,12-15,18,21-24,28,31,34,37,40,44-46,48-49,51-64H2,1-3H3/b10-7-,11-8-,19-16-,20-17-,27-25-,30-29-,33-32-,36-35-,39-38-,41-26-,43-42-,50-47-. The van der Waals surface area contributed by atoms with Gasteiger partial charge in [0.05, 0.1) is 0 Å². The fourth-order valence-electron chi connectivity index (χ4n) is 7.68. The van der Waals surface area contributed by atoms with Crippen LogP contribution in [0.15, 0.2) is 146 Å². The number of hydrogen-bond acceptors (Lipinski definition) is 6. The summed E-state index contributed by atoms with van der Waals surface area (Å²) in [4.78, 5) is 38.1. The van der Waals surface area contributed by atoms with Crippen molar-refractivity contribution in [3.63, 3.8) is 0 Å². The molecule has 0 fully saturated rings. The molecule has 0 spiro atoms. The van der Waals surface area contributed by atoms with Crippen LogP contribution in [0.5, 0.6) is 0 Å². The van der Waals surface area contributed by atoms with Gasteiger partial charge < -0.3 is 14.2 Å². The van der Waals surface area contributed by atoms with Crippen LogP contribution in [-0.4, -0.2) is 37.2 Å². The van der Waals surface area contributed by atoms with Gasteiger partial charge in [0.25, 0.3) is 0 Å². The molecule has 0 aromatic heterocycles. The van der Waals surface area contributed by atoms with Gasteiger partial charge in [0, 0.05) is 19.3 Å². The van der Waals surface area contributed by atoms with Crippen LogP contribution in [0.2, 0.25) is 0 Å². The number of hydrogen-bond donors (Lipinski definition) is 0. The molecule has 0 aliphatic carbocycles. The highest BCUT2D eigenvalue weighted by Gasteiger charge is 2.19. The van der Waals surface area contributed by atoms with E-state index in [1.807, 2.05) is 0 Å². The van der Waals surface area contributed by atoms with Gasteiger partial charge in [-0.1, -0.05) is 250 Å². The monoisotopic (exact) mass is 1020 g/mol. The number of unbranched alkanes of at least 4 members (excludes halogenated alkanes) is 17. The Morgan fingerprint density at radius 1 is 0.284 bits per heavy atom. The highest BCUT2D eigenvalue weighted by Crippen LogP contribution is 2.14. The summed E-state index contributed by atoms with van der Waals surface area (Å²) in [6.45, 7) is 6.34. The molecule has 0 rings (SSSR count). The van der Waals surface area contributed by atoms with Gasteiger partial charge in [-0.15, -0.1) is 0 Å². The average Bonchev–Trinajstić information content (AvgIpc) is 3.40. The molecule has 0 amide bonds. The first-order valence-corrected chi connectivity index (χ1v) is 29.8. The van der Waals surface area contributed by atoms with Crippen molar-refractivity contribution >= 4 is 17.9 Å². The molecule has 6 nitrogen and oxygen atoms in total. The van der Waals surface area contributed by atoms with Crippen molar-refractivity contribution in [3.8, 4) is 0 Å². The summed E-state index contributed by atoms with van der Waals surface area (Å²) in [5.74, 6) is -0.979. The lowest BCUT2D eigenvalue weighted by Crippen LogP contribution is -2.30. The van der Waals surface area contributed by atoms with Crippen LogP contribution in [0, 0.1) is 0 Å². The second-order valence-electron chi connectivity index (χ2n) is 19.1. The SMILES string of the molecule is CC/C=C\C/C=C\C/C=C\C/C=C\C/C=C\C/C=C\C/C=C\C/C=C\CCCCCCC(=O)OCC(COC(=O)CCCCCCCCCCCCCC)OC(=O)CCCC/C=C\C/C=C\C/C=C\C/C=C\CC. The van der Waals surface area contributed by atoms with E-state index in [9.17, 15) is 14.4 Å². The van der Waals surface area contributed by atoms with Crippen LogP contribution < -0.4 is 0 Å². The topological polar surface area (TPSA) is 78.9 Å². The van der Waals surface area contributed by atoms with Crippen molar-refractivity contribution in [1.82, 2.24) is 0 Å². The molecule has 416 valence electrons. The Labute approximate surface area is 455 Å². The molecular weight excluding hydrogens is 913 g/mol. The molecule has 0 aromatic rings. The Balaban J connectivity index is 4.41. The van der Waals surface area contributed by atoms with Crippen molar-refractivity contribution in [2.75, 3.05) is 13.2 Å². The first kappa shape index (κ1) is 69.3. The van der Waals surface area contributed by atoms with E-state index < -0.39 is 6.10 Å². The Morgan fingerprint density at radius 3 is 0.851 bits per heavy atom. The number of carbonyl (C=O) groups is 3. The lowest BCUT2D eigenvalue weighted by molar-refractivity contribution is -0.167. The van der Waals surface area contributed by atoms with E-state index in [1.54, 1.807) is 0 Å². The molecular formula is C68H108O6. The lowest BCUT2D eigenvalue weighted by atomic mass is 10.0. The zero-order valence-corrected chi connectivity index (χ0v) is 47.5. The van der Waals surface area contributed by atoms with Crippen molar-refractivity contribution in [2.24, 2.45) is 0 Å². The second-order valence-corrected chi connectivity index (χ2v) is 19.1. The number of allylic oxidation sites excluding steroid dienone is 24. The van der Waals surface area contributed by atoms with Crippen LogP contribution >= 0.6 is 0 Å². The number of esters is 3. The van der Waals surface area contributed by atoms with Crippen molar-refractivity contribution in [3.05, 3.63) is 146 Å². The molecule has 0 bridgehead atoms. The minimum absolute atomic E-state index is 0.106. The summed E-state index contributed by atoms with van der Waals surface area (Å²) in [5.41, 5.74) is 0. The van der Waals surface area contributed by atoms with Gasteiger partial charge in [0.1, 0.15) is 13.2 Å². The summed E-state index contributed by atoms with van der Waals surface area (Å²) in [5, 5.41) is 0. The van der Waals surface area contributed by atoms with Crippen LogP contribution in [-0.2, 0) is 28.6 Å². The van der Waals surface area contributed by atoms with Gasteiger partial charge in [-0.05, 0) is 122 Å². The van der Waals surface area contributed by atoms with Gasteiger partial charge in [-0.25, -0.2) is 0 Å². The fraction of sp³-hybridized carbons (Fsp3) is 0.603. The van der Waals surface area contributed by atoms with Gasteiger partial charge in [-0.3, -0.25) is 14.4 Å². The molecule has 0 radical (unpaired) electrons. The fourth-order valence-corrected chi connectivity index (χ4v) is 7.68. The molecule has 0 aliphatic rings. The van der Waals surface area contributed by atoms with Crippen LogP contribution in [0.4, 0.5) is 0 Å². The molecule has 1 unspecified atom stereocenters. The quantitative estimate of drug-likeness (QED) is 0.0261. The van der Waals surface area contributed by atoms with E-state index in [0.29, 0.717) is 19.3 Å². The normalized spacial score (nSPS) is 13.2. The van der Waals surface area contributed by atoms with Crippen LogP contribution in [0.1, 0.15) is 245 Å². The van der Waals surface area contributed by atoms with Crippen molar-refractivity contribution in [2.45, 2.75) is 252 Å². The molecule has 1 atom stereocenters. The molecule has 0 saturated carbocycles. The highest BCUT2D eigenvalue weighted by molar-refractivity contribution is 5.71. The minimum atomic E-state index is -0.815. The van der Waals surface area contributed by atoms with E-state index in [4.69, 9.17) is 14.2 Å². The molecule has 0 N–H and O–H groups in total. The summed E-state index contributed by atoms with van der Waals surface area (Å²) in [7, 11) is 0. The molecule has 6 heteroatoms. The summed E-state index contributed by atoms with van der Waals surface area (Å²) >= 11 is 0. The summed E-state index contributed by atoms with van der Waals surface area (Å²) in [6.07, 6.45) is 87.0. The Morgan fingerprint density at radius 2 is 0.527 bits per heavy atom. The zero-order valence-electron chi connectivity index (χ0n) is 47.5. The van der Waals surface area contributed by atoms with Gasteiger partial charge >= 0.3 is 17.9 Å². The van der Waals surface area contributed by atoms with E-state index in [1.165, 1.54) is 57.8 Å². The Bertz CT molecular complexity index is 1640. The third kappa shape index (κ3) is 58.2. The van der Waals surface area contributed by atoms with E-state index in [-0.39, 0.29) is 37.5 Å². The van der Waals surface area contributed by atoms with Crippen LogP contribution in [0.25, 0.3) is 0 Å². The van der Waals surface area contributed by atoms with Crippen molar-refractivity contribution < 1.29 is 28.6 Å². The van der Waals surface area contributed by atoms with Crippen LogP contribution in [0.3, 0.4) is 0 Å².